The highest BCUT2D eigenvalue weighted by molar-refractivity contribution is 5.95. The predicted molar refractivity (Wildman–Crippen MR) is 118 cm³/mol. The Kier molecular flexibility index (Phi) is 5.13. The molecule has 2 aromatic carbocycles. The van der Waals surface area contributed by atoms with Gasteiger partial charge in [-0.25, -0.2) is 4.68 Å². The number of hydrogen-bond acceptors (Lipinski definition) is 3. The van der Waals surface area contributed by atoms with Gasteiger partial charge < -0.3 is 4.90 Å². The number of amides is 1. The van der Waals surface area contributed by atoms with E-state index in [1.807, 2.05) is 21.7 Å². The van der Waals surface area contributed by atoms with E-state index in [4.69, 9.17) is 0 Å². The molecule has 0 atom stereocenters. The molecule has 30 heavy (non-hydrogen) atoms. The lowest BCUT2D eigenvalue weighted by Gasteiger charge is -2.34. The molecule has 5 nitrogen and oxygen atoms in total. The fourth-order valence-electron chi connectivity index (χ4n) is 4.39. The predicted octanol–water partition coefficient (Wildman–Crippen LogP) is 4.02. The zero-order valence-corrected chi connectivity index (χ0v) is 17.5. The van der Waals surface area contributed by atoms with Crippen molar-refractivity contribution in [2.45, 2.75) is 32.2 Å². The average molecular weight is 401 g/mol. The minimum absolute atomic E-state index is 0.135. The van der Waals surface area contributed by atoms with Crippen molar-refractivity contribution in [3.05, 3.63) is 83.2 Å². The van der Waals surface area contributed by atoms with Crippen molar-refractivity contribution in [2.75, 3.05) is 26.2 Å². The Morgan fingerprint density at radius 3 is 2.37 bits per heavy atom. The van der Waals surface area contributed by atoms with Crippen molar-refractivity contribution >= 4 is 5.91 Å². The van der Waals surface area contributed by atoms with Crippen LogP contribution >= 0.6 is 0 Å². The van der Waals surface area contributed by atoms with Gasteiger partial charge in [0.25, 0.3) is 5.91 Å². The number of aromatic nitrogens is 2. The van der Waals surface area contributed by atoms with Crippen molar-refractivity contribution in [3.8, 4) is 5.69 Å². The number of benzene rings is 2. The maximum absolute atomic E-state index is 13.4. The zero-order chi connectivity index (χ0) is 20.5. The number of piperazine rings is 1. The summed E-state index contributed by atoms with van der Waals surface area (Å²) in [5.74, 6) is 0.585. The van der Waals surface area contributed by atoms with E-state index >= 15 is 0 Å². The van der Waals surface area contributed by atoms with Crippen LogP contribution in [0.2, 0.25) is 0 Å². The van der Waals surface area contributed by atoms with E-state index in [0.29, 0.717) is 5.92 Å². The second kappa shape index (κ2) is 8.07. The maximum atomic E-state index is 13.4. The summed E-state index contributed by atoms with van der Waals surface area (Å²) >= 11 is 0. The highest BCUT2D eigenvalue weighted by Crippen LogP contribution is 2.43. The highest BCUT2D eigenvalue weighted by Gasteiger charge is 2.35. The SMILES string of the molecule is Cc1ccccc1-n1ncc(C(=O)N2CCN(Cc3ccccc3)CC2)c1C1CC1. The van der Waals surface area contributed by atoms with Gasteiger partial charge in [0.15, 0.2) is 0 Å². The molecule has 0 bridgehead atoms. The first kappa shape index (κ1) is 19.1. The van der Waals surface area contributed by atoms with E-state index in [1.165, 1.54) is 11.1 Å². The van der Waals surface area contributed by atoms with Gasteiger partial charge >= 0.3 is 0 Å². The molecule has 154 valence electrons. The topological polar surface area (TPSA) is 41.4 Å². The van der Waals surface area contributed by atoms with Crippen LogP contribution in [-0.2, 0) is 6.54 Å². The van der Waals surface area contributed by atoms with Crippen LogP contribution in [0.4, 0.5) is 0 Å². The summed E-state index contributed by atoms with van der Waals surface area (Å²) in [5, 5.41) is 4.65. The molecule has 2 aliphatic rings. The van der Waals surface area contributed by atoms with Crippen LogP contribution in [0.3, 0.4) is 0 Å². The van der Waals surface area contributed by atoms with Crippen molar-refractivity contribution in [1.82, 2.24) is 19.6 Å². The normalized spacial score (nSPS) is 17.3. The molecule has 1 aromatic heterocycles. The second-order valence-electron chi connectivity index (χ2n) is 8.47. The van der Waals surface area contributed by atoms with Gasteiger partial charge in [-0.05, 0) is 37.0 Å². The van der Waals surface area contributed by atoms with Gasteiger partial charge in [0.05, 0.1) is 23.1 Å². The van der Waals surface area contributed by atoms with Gasteiger partial charge in [0.1, 0.15) is 0 Å². The smallest absolute Gasteiger partial charge is 0.257 e. The first-order chi connectivity index (χ1) is 14.7. The van der Waals surface area contributed by atoms with E-state index in [2.05, 4.69) is 59.4 Å². The van der Waals surface area contributed by atoms with Crippen LogP contribution in [0.5, 0.6) is 0 Å². The third-order valence-electron chi connectivity index (χ3n) is 6.25. The Morgan fingerprint density at radius 1 is 0.967 bits per heavy atom. The van der Waals surface area contributed by atoms with E-state index in [-0.39, 0.29) is 5.91 Å². The Morgan fingerprint density at radius 2 is 1.67 bits per heavy atom. The molecule has 3 aromatic rings. The summed E-state index contributed by atoms with van der Waals surface area (Å²) in [5.41, 5.74) is 5.47. The van der Waals surface area contributed by atoms with Gasteiger partial charge in [0.2, 0.25) is 0 Å². The number of para-hydroxylation sites is 1. The molecule has 1 aliphatic carbocycles. The Balaban J connectivity index is 1.32. The molecule has 0 N–H and O–H groups in total. The van der Waals surface area contributed by atoms with E-state index in [1.54, 1.807) is 6.20 Å². The molecule has 2 fully saturated rings. The Hall–Kier alpha value is -2.92. The number of nitrogens with zero attached hydrogens (tertiary/aromatic N) is 4. The molecule has 0 spiro atoms. The van der Waals surface area contributed by atoms with Crippen LogP contribution in [0.25, 0.3) is 5.69 Å². The molecule has 2 heterocycles. The first-order valence-electron chi connectivity index (χ1n) is 10.9. The molecule has 1 aliphatic heterocycles. The minimum Gasteiger partial charge on any atom is -0.336 e. The van der Waals surface area contributed by atoms with Crippen molar-refractivity contribution in [2.24, 2.45) is 0 Å². The number of rotatable bonds is 5. The maximum Gasteiger partial charge on any atom is 0.257 e. The lowest BCUT2D eigenvalue weighted by molar-refractivity contribution is 0.0627. The summed E-state index contributed by atoms with van der Waals surface area (Å²) in [6.07, 6.45) is 4.07. The van der Waals surface area contributed by atoms with Gasteiger partial charge in [-0.15, -0.1) is 0 Å². The number of aryl methyl sites for hydroxylation is 1. The lowest BCUT2D eigenvalue weighted by atomic mass is 10.1. The molecule has 1 saturated carbocycles. The standard InChI is InChI=1S/C25H28N4O/c1-19-7-5-6-10-23(19)29-24(21-11-12-21)22(17-26-29)25(30)28-15-13-27(14-16-28)18-20-8-3-2-4-9-20/h2-10,17,21H,11-16,18H2,1H3. The number of carbonyl (C=O) groups excluding carboxylic acids is 1. The van der Waals surface area contributed by atoms with Crippen LogP contribution < -0.4 is 0 Å². The average Bonchev–Trinajstić information content (AvgIpc) is 3.53. The molecule has 5 rings (SSSR count). The van der Waals surface area contributed by atoms with E-state index in [9.17, 15) is 4.79 Å². The van der Waals surface area contributed by atoms with Crippen LogP contribution in [0, 0.1) is 6.92 Å². The third kappa shape index (κ3) is 3.77. The molecule has 5 heteroatoms. The largest absolute Gasteiger partial charge is 0.336 e. The number of carbonyl (C=O) groups is 1. The molecule has 0 radical (unpaired) electrons. The summed E-state index contributed by atoms with van der Waals surface area (Å²) in [6.45, 7) is 6.40. The van der Waals surface area contributed by atoms with Gasteiger partial charge in [0, 0.05) is 38.6 Å². The molecule has 1 amide bonds. The monoisotopic (exact) mass is 400 g/mol. The lowest BCUT2D eigenvalue weighted by Crippen LogP contribution is -2.48. The van der Waals surface area contributed by atoms with Crippen molar-refractivity contribution in [1.29, 1.82) is 0 Å². The molecule has 1 saturated heterocycles. The van der Waals surface area contributed by atoms with E-state index < -0.39 is 0 Å². The van der Waals surface area contributed by atoms with Crippen LogP contribution in [0.15, 0.2) is 60.8 Å². The quantitative estimate of drug-likeness (QED) is 0.650. The minimum atomic E-state index is 0.135. The van der Waals surface area contributed by atoms with Crippen LogP contribution in [-0.4, -0.2) is 51.7 Å². The fourth-order valence-corrected chi connectivity index (χ4v) is 4.39. The van der Waals surface area contributed by atoms with Crippen molar-refractivity contribution < 1.29 is 4.79 Å². The van der Waals surface area contributed by atoms with Gasteiger partial charge in [-0.3, -0.25) is 9.69 Å². The fraction of sp³-hybridized carbons (Fsp3) is 0.360. The van der Waals surface area contributed by atoms with Gasteiger partial charge in [-0.1, -0.05) is 48.5 Å². The molecular formula is C25H28N4O. The molecule has 0 unspecified atom stereocenters. The van der Waals surface area contributed by atoms with Crippen LogP contribution in [0.1, 0.15) is 45.9 Å². The third-order valence-corrected chi connectivity index (χ3v) is 6.25. The summed E-state index contributed by atoms with van der Waals surface area (Å²) in [7, 11) is 0. The zero-order valence-electron chi connectivity index (χ0n) is 17.5. The highest BCUT2D eigenvalue weighted by atomic mass is 16.2. The molecular weight excluding hydrogens is 372 g/mol. The van der Waals surface area contributed by atoms with Crippen molar-refractivity contribution in [3.63, 3.8) is 0 Å². The Bertz CT molecular complexity index is 1030. The Labute approximate surface area is 177 Å². The summed E-state index contributed by atoms with van der Waals surface area (Å²) in [6, 6.07) is 18.8. The number of hydrogen-bond donors (Lipinski definition) is 0. The van der Waals surface area contributed by atoms with Gasteiger partial charge in [-0.2, -0.15) is 5.10 Å². The first-order valence-corrected chi connectivity index (χ1v) is 10.9. The second-order valence-corrected chi connectivity index (χ2v) is 8.47. The summed E-state index contributed by atoms with van der Waals surface area (Å²) in [4.78, 5) is 17.8. The van der Waals surface area contributed by atoms with E-state index in [0.717, 1.165) is 62.5 Å². The summed E-state index contributed by atoms with van der Waals surface area (Å²) < 4.78 is 2.01.